The van der Waals surface area contributed by atoms with Crippen molar-refractivity contribution < 1.29 is 13.2 Å². The van der Waals surface area contributed by atoms with Gasteiger partial charge in [-0.05, 0) is 11.5 Å². The van der Waals surface area contributed by atoms with Gasteiger partial charge in [-0.1, -0.05) is 20.8 Å². The predicted molar refractivity (Wildman–Crippen MR) is 73.0 cm³/mol. The number of nitrogens with one attached hydrogen (secondary N) is 1. The molecule has 1 saturated heterocycles. The summed E-state index contributed by atoms with van der Waals surface area (Å²) in [7, 11) is 0. The van der Waals surface area contributed by atoms with Crippen LogP contribution >= 0.6 is 0 Å². The lowest BCUT2D eigenvalue weighted by molar-refractivity contribution is 0.0826. The molecular formula is C15H21F3N2. The molecule has 20 heavy (non-hydrogen) atoms. The maximum atomic E-state index is 14.1. The molecular weight excluding hydrogens is 265 g/mol. The van der Waals surface area contributed by atoms with E-state index in [1.807, 2.05) is 20.8 Å². The smallest absolute Gasteiger partial charge is 0.163 e. The Bertz CT molecular complexity index is 477. The van der Waals surface area contributed by atoms with Crippen LogP contribution in [0.5, 0.6) is 0 Å². The Hall–Kier alpha value is -1.07. The largest absolute Gasteiger partial charge is 0.314 e. The van der Waals surface area contributed by atoms with Gasteiger partial charge in [-0.25, -0.2) is 13.2 Å². The van der Waals surface area contributed by atoms with E-state index in [-0.39, 0.29) is 17.0 Å². The maximum absolute atomic E-state index is 14.1. The molecule has 0 saturated carbocycles. The predicted octanol–water partition coefficient (Wildman–Crippen LogP) is 3.10. The van der Waals surface area contributed by atoms with Crippen LogP contribution in [0.4, 0.5) is 13.2 Å². The number of nitrogens with zero attached hydrogens (tertiary/aromatic N) is 1. The van der Waals surface area contributed by atoms with E-state index in [1.165, 1.54) is 0 Å². The molecule has 0 bridgehead atoms. The zero-order valence-electron chi connectivity index (χ0n) is 12.1. The molecule has 1 aliphatic rings. The summed E-state index contributed by atoms with van der Waals surface area (Å²) >= 11 is 0. The van der Waals surface area contributed by atoms with Crippen LogP contribution in [-0.4, -0.2) is 31.1 Å². The quantitative estimate of drug-likeness (QED) is 0.840. The molecule has 1 atom stereocenters. The van der Waals surface area contributed by atoms with Crippen LogP contribution in [0.25, 0.3) is 0 Å². The second-order valence-electron chi connectivity index (χ2n) is 6.35. The summed E-state index contributed by atoms with van der Waals surface area (Å²) in [5.74, 6) is -2.79. The molecule has 1 aromatic rings. The van der Waals surface area contributed by atoms with Crippen LogP contribution in [0.15, 0.2) is 12.1 Å². The Balaban J connectivity index is 2.46. The van der Waals surface area contributed by atoms with E-state index in [0.29, 0.717) is 6.07 Å². The van der Waals surface area contributed by atoms with Crippen molar-refractivity contribution in [2.75, 3.05) is 26.2 Å². The minimum Gasteiger partial charge on any atom is -0.314 e. The molecule has 1 aromatic carbocycles. The first kappa shape index (κ1) is 15.3. The lowest BCUT2D eigenvalue weighted by Crippen LogP contribution is -2.48. The van der Waals surface area contributed by atoms with Crippen LogP contribution in [0, 0.1) is 22.9 Å². The monoisotopic (exact) mass is 286 g/mol. The highest BCUT2D eigenvalue weighted by molar-refractivity contribution is 5.25. The van der Waals surface area contributed by atoms with Crippen molar-refractivity contribution >= 4 is 0 Å². The Labute approximate surface area is 118 Å². The molecule has 0 spiro atoms. The molecule has 0 aromatic heterocycles. The summed E-state index contributed by atoms with van der Waals surface area (Å²) in [6.07, 6.45) is 0. The molecule has 5 heteroatoms. The molecule has 1 fully saturated rings. The fraction of sp³-hybridized carbons (Fsp3) is 0.600. The van der Waals surface area contributed by atoms with Gasteiger partial charge in [-0.2, -0.15) is 0 Å². The van der Waals surface area contributed by atoms with Gasteiger partial charge in [-0.15, -0.1) is 0 Å². The summed E-state index contributed by atoms with van der Waals surface area (Å²) in [5, 5.41) is 3.23. The zero-order valence-corrected chi connectivity index (χ0v) is 12.1. The van der Waals surface area contributed by atoms with Gasteiger partial charge in [0.05, 0.1) is 0 Å². The van der Waals surface area contributed by atoms with Gasteiger partial charge < -0.3 is 5.32 Å². The van der Waals surface area contributed by atoms with Crippen LogP contribution in [-0.2, 0) is 0 Å². The van der Waals surface area contributed by atoms with Crippen molar-refractivity contribution in [3.05, 3.63) is 35.1 Å². The van der Waals surface area contributed by atoms with Crippen LogP contribution in [0.2, 0.25) is 0 Å². The van der Waals surface area contributed by atoms with Crippen LogP contribution in [0.1, 0.15) is 32.4 Å². The van der Waals surface area contributed by atoms with Gasteiger partial charge in [0.25, 0.3) is 0 Å². The van der Waals surface area contributed by atoms with Gasteiger partial charge in [0.15, 0.2) is 11.6 Å². The summed E-state index contributed by atoms with van der Waals surface area (Å²) in [6.45, 7) is 8.95. The second kappa shape index (κ2) is 5.74. The van der Waals surface area contributed by atoms with Crippen molar-refractivity contribution in [3.8, 4) is 0 Å². The Morgan fingerprint density at radius 2 is 1.70 bits per heavy atom. The SMILES string of the molecule is CC(C)(C)[C@@H](c1cc(F)cc(F)c1F)N1CCNCC1. The maximum Gasteiger partial charge on any atom is 0.163 e. The molecule has 1 aliphatic heterocycles. The highest BCUT2D eigenvalue weighted by Gasteiger charge is 2.35. The second-order valence-corrected chi connectivity index (χ2v) is 6.35. The van der Waals surface area contributed by atoms with Gasteiger partial charge >= 0.3 is 0 Å². The first-order valence-electron chi connectivity index (χ1n) is 6.90. The van der Waals surface area contributed by atoms with Gasteiger partial charge in [0, 0.05) is 43.9 Å². The van der Waals surface area contributed by atoms with E-state index in [4.69, 9.17) is 0 Å². The normalized spacial score (nSPS) is 19.1. The fourth-order valence-electron chi connectivity index (χ4n) is 2.93. The van der Waals surface area contributed by atoms with Crippen molar-refractivity contribution in [1.29, 1.82) is 0 Å². The summed E-state index contributed by atoms with van der Waals surface area (Å²) in [4.78, 5) is 2.09. The number of hydrogen-bond donors (Lipinski definition) is 1. The van der Waals surface area contributed by atoms with Gasteiger partial charge in [0.1, 0.15) is 5.82 Å². The molecule has 0 radical (unpaired) electrons. The molecule has 0 aliphatic carbocycles. The van der Waals surface area contributed by atoms with Crippen molar-refractivity contribution in [2.45, 2.75) is 26.8 Å². The standard InChI is InChI=1S/C15H21F3N2/c1-15(2,3)14(20-6-4-19-5-7-20)11-8-10(16)9-12(17)13(11)18/h8-9,14,19H,4-7H2,1-3H3/t14-/m1/s1. The minimum atomic E-state index is -1.12. The van der Waals surface area contributed by atoms with Crippen molar-refractivity contribution in [3.63, 3.8) is 0 Å². The summed E-state index contributed by atoms with van der Waals surface area (Å²) in [6, 6.07) is 1.36. The average molecular weight is 286 g/mol. The van der Waals surface area contributed by atoms with E-state index in [9.17, 15) is 13.2 Å². The number of piperazine rings is 1. The third kappa shape index (κ3) is 3.15. The van der Waals surface area contributed by atoms with Crippen molar-refractivity contribution in [2.24, 2.45) is 5.41 Å². The van der Waals surface area contributed by atoms with Crippen LogP contribution < -0.4 is 5.32 Å². The Kier molecular flexibility index (Phi) is 4.39. The average Bonchev–Trinajstić information content (AvgIpc) is 2.35. The van der Waals surface area contributed by atoms with E-state index < -0.39 is 17.5 Å². The lowest BCUT2D eigenvalue weighted by Gasteiger charge is -2.42. The number of rotatable bonds is 2. The van der Waals surface area contributed by atoms with Crippen LogP contribution in [0.3, 0.4) is 0 Å². The third-order valence-electron chi connectivity index (χ3n) is 3.65. The Morgan fingerprint density at radius 3 is 2.25 bits per heavy atom. The lowest BCUT2D eigenvalue weighted by atomic mass is 9.80. The summed E-state index contributed by atoms with van der Waals surface area (Å²) < 4.78 is 41.1. The number of benzene rings is 1. The van der Waals surface area contributed by atoms with Gasteiger partial charge in [0.2, 0.25) is 0 Å². The Morgan fingerprint density at radius 1 is 1.10 bits per heavy atom. The summed E-state index contributed by atoms with van der Waals surface area (Å²) in [5.41, 5.74) is -0.213. The fourth-order valence-corrected chi connectivity index (χ4v) is 2.93. The van der Waals surface area contributed by atoms with E-state index in [2.05, 4.69) is 10.2 Å². The molecule has 112 valence electrons. The van der Waals surface area contributed by atoms with E-state index in [0.717, 1.165) is 32.2 Å². The highest BCUT2D eigenvalue weighted by atomic mass is 19.2. The molecule has 2 rings (SSSR count). The molecule has 1 N–H and O–H groups in total. The number of halogens is 3. The highest BCUT2D eigenvalue weighted by Crippen LogP contribution is 2.39. The topological polar surface area (TPSA) is 15.3 Å². The first-order valence-corrected chi connectivity index (χ1v) is 6.90. The minimum absolute atomic E-state index is 0.108. The molecule has 1 heterocycles. The van der Waals surface area contributed by atoms with Gasteiger partial charge in [-0.3, -0.25) is 4.90 Å². The van der Waals surface area contributed by atoms with Crippen molar-refractivity contribution in [1.82, 2.24) is 10.2 Å². The first-order chi connectivity index (χ1) is 9.30. The van der Waals surface area contributed by atoms with E-state index in [1.54, 1.807) is 0 Å². The molecule has 2 nitrogen and oxygen atoms in total. The van der Waals surface area contributed by atoms with E-state index >= 15 is 0 Å². The zero-order chi connectivity index (χ0) is 14.9. The number of hydrogen-bond acceptors (Lipinski definition) is 2. The molecule has 0 amide bonds. The third-order valence-corrected chi connectivity index (χ3v) is 3.65. The molecule has 0 unspecified atom stereocenters.